The summed E-state index contributed by atoms with van der Waals surface area (Å²) >= 11 is 0. The second kappa shape index (κ2) is 11.0. The Hall–Kier alpha value is -3.38. The molecular weight excluding hydrogens is 416 g/mol. The molecule has 0 aliphatic carbocycles. The SMILES string of the molecule is C=CCN(Cc1cccc(OCCc2nc(-c3ccccc3)oc2C)c1)C(C)(C)C(=O)OC. The molecule has 0 spiro atoms. The van der Waals surface area contributed by atoms with Crippen LogP contribution >= 0.6 is 0 Å². The van der Waals surface area contributed by atoms with Gasteiger partial charge in [-0.15, -0.1) is 6.58 Å². The highest BCUT2D eigenvalue weighted by Gasteiger charge is 2.35. The molecule has 6 heteroatoms. The van der Waals surface area contributed by atoms with Gasteiger partial charge in [-0.1, -0.05) is 36.4 Å². The number of ether oxygens (including phenoxy) is 2. The number of esters is 1. The maximum absolute atomic E-state index is 12.3. The van der Waals surface area contributed by atoms with Crippen LogP contribution in [-0.4, -0.2) is 41.7 Å². The number of hydrogen-bond acceptors (Lipinski definition) is 6. The molecule has 0 saturated heterocycles. The molecular formula is C27H32N2O4. The third-order valence-corrected chi connectivity index (χ3v) is 5.62. The lowest BCUT2D eigenvalue weighted by Crippen LogP contribution is -2.50. The number of methoxy groups -OCH3 is 1. The summed E-state index contributed by atoms with van der Waals surface area (Å²) in [5.74, 6) is 1.91. The Kier molecular flexibility index (Phi) is 8.06. The average molecular weight is 449 g/mol. The summed E-state index contributed by atoms with van der Waals surface area (Å²) in [5, 5.41) is 0. The maximum atomic E-state index is 12.3. The number of oxazole rings is 1. The van der Waals surface area contributed by atoms with E-state index in [2.05, 4.69) is 11.6 Å². The van der Waals surface area contributed by atoms with E-state index in [4.69, 9.17) is 13.9 Å². The van der Waals surface area contributed by atoms with Crippen LogP contribution in [-0.2, 0) is 22.5 Å². The van der Waals surface area contributed by atoms with E-state index in [1.807, 2.05) is 80.3 Å². The fourth-order valence-electron chi connectivity index (χ4n) is 3.61. The molecule has 0 unspecified atom stereocenters. The van der Waals surface area contributed by atoms with Crippen molar-refractivity contribution in [3.8, 4) is 17.2 Å². The van der Waals surface area contributed by atoms with Crippen LogP contribution in [0, 0.1) is 6.92 Å². The van der Waals surface area contributed by atoms with E-state index in [0.29, 0.717) is 32.0 Å². The van der Waals surface area contributed by atoms with Gasteiger partial charge in [0, 0.05) is 25.1 Å². The Bertz CT molecular complexity index is 1070. The summed E-state index contributed by atoms with van der Waals surface area (Å²) in [6.07, 6.45) is 2.43. The van der Waals surface area contributed by atoms with E-state index < -0.39 is 5.54 Å². The van der Waals surface area contributed by atoms with Crippen molar-refractivity contribution in [1.29, 1.82) is 0 Å². The highest BCUT2D eigenvalue weighted by Crippen LogP contribution is 2.24. The third-order valence-electron chi connectivity index (χ3n) is 5.62. The number of carbonyl (C=O) groups is 1. The predicted octanol–water partition coefficient (Wildman–Crippen LogP) is 5.21. The monoisotopic (exact) mass is 448 g/mol. The Labute approximate surface area is 195 Å². The largest absolute Gasteiger partial charge is 0.493 e. The van der Waals surface area contributed by atoms with Gasteiger partial charge in [0.2, 0.25) is 5.89 Å². The molecule has 0 aliphatic heterocycles. The van der Waals surface area contributed by atoms with Gasteiger partial charge in [-0.25, -0.2) is 4.98 Å². The molecule has 0 radical (unpaired) electrons. The van der Waals surface area contributed by atoms with Crippen molar-refractivity contribution >= 4 is 5.97 Å². The summed E-state index contributed by atoms with van der Waals surface area (Å²) in [7, 11) is 1.41. The van der Waals surface area contributed by atoms with Crippen molar-refractivity contribution in [1.82, 2.24) is 9.88 Å². The molecule has 0 aliphatic rings. The van der Waals surface area contributed by atoms with Crippen molar-refractivity contribution in [3.63, 3.8) is 0 Å². The summed E-state index contributed by atoms with van der Waals surface area (Å²) in [5.41, 5.74) is 2.11. The molecule has 0 N–H and O–H groups in total. The lowest BCUT2D eigenvalue weighted by molar-refractivity contribution is -0.153. The van der Waals surface area contributed by atoms with Gasteiger partial charge < -0.3 is 13.9 Å². The standard InChI is InChI=1S/C27H32N2O4/c1-6-16-29(27(3,4)26(30)31-5)19-21-11-10-14-23(18-21)32-17-15-24-20(2)33-25(28-24)22-12-8-7-9-13-22/h6-14,18H,1,15-17,19H2,2-5H3. The normalized spacial score (nSPS) is 11.4. The minimum absolute atomic E-state index is 0.283. The molecule has 2 aromatic carbocycles. The second-order valence-electron chi connectivity index (χ2n) is 8.35. The number of aromatic nitrogens is 1. The first-order valence-corrected chi connectivity index (χ1v) is 11.0. The van der Waals surface area contributed by atoms with E-state index in [0.717, 1.165) is 28.3 Å². The van der Waals surface area contributed by atoms with Crippen LogP contribution in [0.1, 0.15) is 30.9 Å². The van der Waals surface area contributed by atoms with Gasteiger partial charge in [0.05, 0.1) is 19.4 Å². The molecule has 6 nitrogen and oxygen atoms in total. The fraction of sp³-hybridized carbons (Fsp3) is 0.333. The number of carbonyl (C=O) groups excluding carboxylic acids is 1. The first-order chi connectivity index (χ1) is 15.8. The van der Waals surface area contributed by atoms with Crippen LogP contribution in [0.5, 0.6) is 5.75 Å². The maximum Gasteiger partial charge on any atom is 0.325 e. The van der Waals surface area contributed by atoms with Crippen LogP contribution < -0.4 is 4.74 Å². The number of benzene rings is 2. The van der Waals surface area contributed by atoms with Gasteiger partial charge in [0.15, 0.2) is 0 Å². The highest BCUT2D eigenvalue weighted by atomic mass is 16.5. The minimum atomic E-state index is -0.777. The molecule has 33 heavy (non-hydrogen) atoms. The highest BCUT2D eigenvalue weighted by molar-refractivity contribution is 5.79. The zero-order valence-electron chi connectivity index (χ0n) is 19.8. The lowest BCUT2D eigenvalue weighted by Gasteiger charge is -2.35. The van der Waals surface area contributed by atoms with Crippen LogP contribution in [0.3, 0.4) is 0 Å². The van der Waals surface area contributed by atoms with Crippen molar-refractivity contribution in [2.75, 3.05) is 20.3 Å². The van der Waals surface area contributed by atoms with Crippen LogP contribution in [0.2, 0.25) is 0 Å². The molecule has 0 fully saturated rings. The van der Waals surface area contributed by atoms with Gasteiger partial charge in [0.25, 0.3) is 0 Å². The first kappa shape index (κ1) is 24.3. The van der Waals surface area contributed by atoms with Crippen LogP contribution in [0.15, 0.2) is 71.7 Å². The fourth-order valence-corrected chi connectivity index (χ4v) is 3.61. The molecule has 1 heterocycles. The summed E-state index contributed by atoms with van der Waals surface area (Å²) in [4.78, 5) is 18.9. The Balaban J connectivity index is 1.63. The third kappa shape index (κ3) is 6.11. The predicted molar refractivity (Wildman–Crippen MR) is 129 cm³/mol. The molecule has 3 aromatic rings. The molecule has 0 bridgehead atoms. The molecule has 0 saturated carbocycles. The van der Waals surface area contributed by atoms with Crippen molar-refractivity contribution in [2.45, 2.75) is 39.3 Å². The van der Waals surface area contributed by atoms with E-state index in [-0.39, 0.29) is 5.97 Å². The number of hydrogen-bond donors (Lipinski definition) is 0. The first-order valence-electron chi connectivity index (χ1n) is 11.0. The molecule has 174 valence electrons. The molecule has 1 aromatic heterocycles. The number of nitrogens with zero attached hydrogens (tertiary/aromatic N) is 2. The Morgan fingerprint density at radius 1 is 1.18 bits per heavy atom. The zero-order chi connectivity index (χ0) is 23.8. The topological polar surface area (TPSA) is 64.8 Å². The van der Waals surface area contributed by atoms with E-state index in [1.165, 1.54) is 7.11 Å². The van der Waals surface area contributed by atoms with Crippen LogP contribution in [0.25, 0.3) is 11.5 Å². The van der Waals surface area contributed by atoms with Gasteiger partial charge in [-0.05, 0) is 50.6 Å². The summed E-state index contributed by atoms with van der Waals surface area (Å²) in [6, 6.07) is 17.8. The lowest BCUT2D eigenvalue weighted by atomic mass is 10.0. The number of rotatable bonds is 11. The Morgan fingerprint density at radius 3 is 2.64 bits per heavy atom. The van der Waals surface area contributed by atoms with Gasteiger partial charge >= 0.3 is 5.97 Å². The molecule has 3 rings (SSSR count). The minimum Gasteiger partial charge on any atom is -0.493 e. The van der Waals surface area contributed by atoms with Crippen LogP contribution in [0.4, 0.5) is 0 Å². The molecule has 0 atom stereocenters. The van der Waals surface area contributed by atoms with E-state index >= 15 is 0 Å². The second-order valence-corrected chi connectivity index (χ2v) is 8.35. The smallest absolute Gasteiger partial charge is 0.325 e. The zero-order valence-corrected chi connectivity index (χ0v) is 19.8. The average Bonchev–Trinajstić information content (AvgIpc) is 3.19. The quantitative estimate of drug-likeness (QED) is 0.296. The summed E-state index contributed by atoms with van der Waals surface area (Å²) in [6.45, 7) is 11.1. The van der Waals surface area contributed by atoms with Crippen molar-refractivity contribution < 1.29 is 18.7 Å². The van der Waals surface area contributed by atoms with Crippen molar-refractivity contribution in [2.24, 2.45) is 0 Å². The molecule has 0 amide bonds. The van der Waals surface area contributed by atoms with E-state index in [1.54, 1.807) is 6.08 Å². The van der Waals surface area contributed by atoms with Crippen molar-refractivity contribution in [3.05, 3.63) is 84.3 Å². The number of aryl methyl sites for hydroxylation is 1. The summed E-state index contributed by atoms with van der Waals surface area (Å²) < 4.78 is 16.8. The van der Waals surface area contributed by atoms with Gasteiger partial charge in [0.1, 0.15) is 17.0 Å². The van der Waals surface area contributed by atoms with Gasteiger partial charge in [-0.3, -0.25) is 9.69 Å². The van der Waals surface area contributed by atoms with E-state index in [9.17, 15) is 4.79 Å². The Morgan fingerprint density at radius 2 is 1.94 bits per heavy atom. The van der Waals surface area contributed by atoms with Gasteiger partial charge in [-0.2, -0.15) is 0 Å².